The molecule has 3 aliphatic rings. The Morgan fingerprint density at radius 1 is 1.30 bits per heavy atom. The second-order valence-electron chi connectivity index (χ2n) is 7.11. The number of carbonyl (C=O) groups is 2. The molecule has 3 rings (SSSR count). The molecule has 0 bridgehead atoms. The number of aliphatic hydroxyl groups excluding tert-OH is 1. The number of aliphatic carboxylic acids is 1. The SMILES string of the molecule is C/C(C(=O)O)=C1\C(=O)O[C@]2(C)[C@H]([C@@H]1O)C(C)(C)[C@@H]1C[C@@H]12. The number of hydrogen-bond acceptors (Lipinski definition) is 4. The van der Waals surface area contributed by atoms with Crippen molar-refractivity contribution in [3.63, 3.8) is 0 Å². The molecule has 0 amide bonds. The van der Waals surface area contributed by atoms with Gasteiger partial charge in [0.25, 0.3) is 0 Å². The van der Waals surface area contributed by atoms with E-state index in [-0.39, 0.29) is 28.4 Å². The molecule has 5 heteroatoms. The number of rotatable bonds is 1. The van der Waals surface area contributed by atoms with E-state index in [1.807, 2.05) is 6.92 Å². The van der Waals surface area contributed by atoms with E-state index in [4.69, 9.17) is 9.84 Å². The Labute approximate surface area is 117 Å². The molecule has 3 fully saturated rings. The number of carboxylic acids is 1. The molecule has 2 saturated carbocycles. The number of fused-ring (bicyclic) bond motifs is 3. The fraction of sp³-hybridized carbons (Fsp3) is 0.733. The molecule has 2 aliphatic carbocycles. The van der Waals surface area contributed by atoms with Crippen LogP contribution in [-0.2, 0) is 14.3 Å². The van der Waals surface area contributed by atoms with Gasteiger partial charge in [0.15, 0.2) is 0 Å². The Hall–Kier alpha value is -1.36. The third-order valence-electron chi connectivity index (χ3n) is 5.77. The normalized spacial score (nSPS) is 47.1. The standard InChI is InChI=1S/C15H20O5/c1-6(12(17)18)9-10(16)11-14(2,3)7-5-8(7)15(11,4)20-13(9)19/h7-8,10-11,16H,5H2,1-4H3,(H,17,18)/b9-6+/t7-,8+,10-,11-,15+/m1/s1. The lowest BCUT2D eigenvalue weighted by Gasteiger charge is -2.47. The summed E-state index contributed by atoms with van der Waals surface area (Å²) >= 11 is 0. The lowest BCUT2D eigenvalue weighted by atomic mass is 9.66. The highest BCUT2D eigenvalue weighted by Crippen LogP contribution is 2.72. The van der Waals surface area contributed by atoms with Crippen LogP contribution in [0.4, 0.5) is 0 Å². The smallest absolute Gasteiger partial charge is 0.337 e. The monoisotopic (exact) mass is 280 g/mol. The maximum absolute atomic E-state index is 12.2. The summed E-state index contributed by atoms with van der Waals surface area (Å²) in [7, 11) is 0. The maximum atomic E-state index is 12.2. The second kappa shape index (κ2) is 3.64. The van der Waals surface area contributed by atoms with Crippen molar-refractivity contribution < 1.29 is 24.5 Å². The van der Waals surface area contributed by atoms with Crippen LogP contribution in [0.1, 0.15) is 34.1 Å². The quantitative estimate of drug-likeness (QED) is 0.559. The van der Waals surface area contributed by atoms with E-state index in [9.17, 15) is 14.7 Å². The summed E-state index contributed by atoms with van der Waals surface area (Å²) in [6.07, 6.45) is -0.0584. The third kappa shape index (κ3) is 1.41. The predicted octanol–water partition coefficient (Wildman–Crippen LogP) is 1.36. The van der Waals surface area contributed by atoms with E-state index in [0.717, 1.165) is 6.42 Å². The first kappa shape index (κ1) is 13.6. The summed E-state index contributed by atoms with van der Waals surface area (Å²) < 4.78 is 5.62. The van der Waals surface area contributed by atoms with Crippen LogP contribution in [0.25, 0.3) is 0 Å². The van der Waals surface area contributed by atoms with Crippen molar-refractivity contribution in [1.29, 1.82) is 0 Å². The van der Waals surface area contributed by atoms with Gasteiger partial charge < -0.3 is 14.9 Å². The van der Waals surface area contributed by atoms with Gasteiger partial charge in [-0.3, -0.25) is 0 Å². The van der Waals surface area contributed by atoms with Crippen molar-refractivity contribution in [2.24, 2.45) is 23.2 Å². The van der Waals surface area contributed by atoms with Crippen molar-refractivity contribution in [3.05, 3.63) is 11.1 Å². The van der Waals surface area contributed by atoms with Crippen LogP contribution in [-0.4, -0.2) is 33.9 Å². The van der Waals surface area contributed by atoms with Crippen LogP contribution in [0.2, 0.25) is 0 Å². The number of hydrogen-bond donors (Lipinski definition) is 2. The number of esters is 1. The molecule has 1 saturated heterocycles. The highest BCUT2D eigenvalue weighted by Gasteiger charge is 2.75. The first-order chi connectivity index (χ1) is 9.12. The van der Waals surface area contributed by atoms with Crippen molar-refractivity contribution in [1.82, 2.24) is 0 Å². The maximum Gasteiger partial charge on any atom is 0.337 e. The van der Waals surface area contributed by atoms with Gasteiger partial charge in [0.05, 0.1) is 11.7 Å². The van der Waals surface area contributed by atoms with E-state index in [0.29, 0.717) is 5.92 Å². The topological polar surface area (TPSA) is 83.8 Å². The fourth-order valence-corrected chi connectivity index (χ4v) is 4.74. The molecule has 0 radical (unpaired) electrons. The zero-order valence-electron chi connectivity index (χ0n) is 12.1. The van der Waals surface area contributed by atoms with Gasteiger partial charge in [0.1, 0.15) is 5.60 Å². The molecule has 1 aliphatic heterocycles. The minimum Gasteiger partial charge on any atom is -0.478 e. The van der Waals surface area contributed by atoms with E-state index in [2.05, 4.69) is 13.8 Å². The molecule has 0 spiro atoms. The van der Waals surface area contributed by atoms with Crippen LogP contribution in [0.3, 0.4) is 0 Å². The van der Waals surface area contributed by atoms with Crippen LogP contribution < -0.4 is 0 Å². The van der Waals surface area contributed by atoms with Gasteiger partial charge in [-0.1, -0.05) is 13.8 Å². The highest BCUT2D eigenvalue weighted by atomic mass is 16.6. The van der Waals surface area contributed by atoms with Crippen LogP contribution >= 0.6 is 0 Å². The van der Waals surface area contributed by atoms with Gasteiger partial charge in [-0.15, -0.1) is 0 Å². The average molecular weight is 280 g/mol. The number of carbonyl (C=O) groups excluding carboxylic acids is 1. The molecule has 2 N–H and O–H groups in total. The van der Waals surface area contributed by atoms with Gasteiger partial charge in [-0.2, -0.15) is 0 Å². The Morgan fingerprint density at radius 3 is 2.45 bits per heavy atom. The fourth-order valence-electron chi connectivity index (χ4n) is 4.74. The Kier molecular flexibility index (Phi) is 2.48. The molecule has 1 heterocycles. The van der Waals surface area contributed by atoms with Gasteiger partial charge in [-0.25, -0.2) is 9.59 Å². The van der Waals surface area contributed by atoms with Crippen LogP contribution in [0.5, 0.6) is 0 Å². The minimum absolute atomic E-state index is 0.0886. The van der Waals surface area contributed by atoms with E-state index >= 15 is 0 Å². The first-order valence-electron chi connectivity index (χ1n) is 6.97. The van der Waals surface area contributed by atoms with Crippen molar-refractivity contribution in [3.8, 4) is 0 Å². The zero-order chi connectivity index (χ0) is 15.0. The molecule has 0 aromatic carbocycles. The second-order valence-corrected chi connectivity index (χ2v) is 7.11. The van der Waals surface area contributed by atoms with E-state index in [1.54, 1.807) is 0 Å². The van der Waals surface area contributed by atoms with Crippen molar-refractivity contribution in [2.45, 2.75) is 45.8 Å². The molecule has 0 unspecified atom stereocenters. The van der Waals surface area contributed by atoms with Gasteiger partial charge in [0.2, 0.25) is 0 Å². The zero-order valence-corrected chi connectivity index (χ0v) is 12.1. The Bertz CT molecular complexity index is 546. The molecule has 0 aromatic rings. The van der Waals surface area contributed by atoms with Crippen LogP contribution in [0, 0.1) is 23.2 Å². The molecule has 110 valence electrons. The van der Waals surface area contributed by atoms with E-state index < -0.39 is 23.6 Å². The summed E-state index contributed by atoms with van der Waals surface area (Å²) in [5.74, 6) is -1.40. The number of aliphatic hydroxyl groups is 1. The summed E-state index contributed by atoms with van der Waals surface area (Å²) in [6, 6.07) is 0. The minimum atomic E-state index is -1.19. The third-order valence-corrected chi connectivity index (χ3v) is 5.77. The number of carboxylic acid groups (broad SMARTS) is 1. The first-order valence-corrected chi connectivity index (χ1v) is 6.97. The average Bonchev–Trinajstić information content (AvgIpc) is 3.04. The largest absolute Gasteiger partial charge is 0.478 e. The van der Waals surface area contributed by atoms with Gasteiger partial charge in [-0.05, 0) is 31.6 Å². The van der Waals surface area contributed by atoms with Gasteiger partial charge >= 0.3 is 11.9 Å². The Morgan fingerprint density at radius 2 is 1.90 bits per heavy atom. The highest BCUT2D eigenvalue weighted by molar-refractivity contribution is 6.00. The number of ether oxygens (including phenoxy) is 1. The van der Waals surface area contributed by atoms with Crippen molar-refractivity contribution >= 4 is 11.9 Å². The van der Waals surface area contributed by atoms with E-state index in [1.165, 1.54) is 6.92 Å². The molecular weight excluding hydrogens is 260 g/mol. The lowest BCUT2D eigenvalue weighted by Crippen LogP contribution is -2.55. The van der Waals surface area contributed by atoms with Gasteiger partial charge in [0, 0.05) is 17.4 Å². The van der Waals surface area contributed by atoms with Crippen molar-refractivity contribution in [2.75, 3.05) is 0 Å². The molecular formula is C15H20O5. The summed E-state index contributed by atoms with van der Waals surface area (Å²) in [5, 5.41) is 19.7. The molecule has 20 heavy (non-hydrogen) atoms. The Balaban J connectivity index is 2.10. The summed E-state index contributed by atoms with van der Waals surface area (Å²) in [4.78, 5) is 23.3. The van der Waals surface area contributed by atoms with Crippen LogP contribution in [0.15, 0.2) is 11.1 Å². The summed E-state index contributed by atoms with van der Waals surface area (Å²) in [6.45, 7) is 7.37. The molecule has 0 aromatic heterocycles. The summed E-state index contributed by atoms with van der Waals surface area (Å²) in [5.41, 5.74) is -1.05. The molecule has 5 nitrogen and oxygen atoms in total. The predicted molar refractivity (Wildman–Crippen MR) is 69.7 cm³/mol. The lowest BCUT2D eigenvalue weighted by molar-refractivity contribution is -0.183. The molecule has 5 atom stereocenters.